The van der Waals surface area contributed by atoms with E-state index < -0.39 is 0 Å². The van der Waals surface area contributed by atoms with E-state index in [4.69, 9.17) is 0 Å². The molecule has 1 saturated heterocycles. The largest absolute Gasteiger partial charge is 0.357 e. The van der Waals surface area contributed by atoms with Gasteiger partial charge in [0.2, 0.25) is 0 Å². The summed E-state index contributed by atoms with van der Waals surface area (Å²) in [6.07, 6.45) is 3.80. The fourth-order valence-electron chi connectivity index (χ4n) is 2.61. The second kappa shape index (κ2) is 7.29. The number of hydrogen-bond donors (Lipinski definition) is 1. The molecule has 2 rings (SSSR count). The van der Waals surface area contributed by atoms with Gasteiger partial charge in [-0.25, -0.2) is 9.78 Å². The van der Waals surface area contributed by atoms with Gasteiger partial charge in [0.15, 0.2) is 0 Å². The Morgan fingerprint density at radius 3 is 2.71 bits per heavy atom. The van der Waals surface area contributed by atoms with Crippen LogP contribution in [0.5, 0.6) is 0 Å². The number of anilines is 1. The number of nitrogens with zero attached hydrogens (tertiary/aromatic N) is 3. The predicted molar refractivity (Wildman–Crippen MR) is 85.5 cm³/mol. The molecular formula is C16H26N4O. The van der Waals surface area contributed by atoms with Crippen molar-refractivity contribution in [3.8, 4) is 0 Å². The molecular weight excluding hydrogens is 264 g/mol. The number of hydrogen-bond acceptors (Lipinski definition) is 3. The Morgan fingerprint density at radius 2 is 2.14 bits per heavy atom. The van der Waals surface area contributed by atoms with E-state index in [1.807, 2.05) is 29.3 Å². The second-order valence-electron chi connectivity index (χ2n) is 6.10. The van der Waals surface area contributed by atoms with Gasteiger partial charge in [-0.15, -0.1) is 0 Å². The van der Waals surface area contributed by atoms with Gasteiger partial charge in [-0.1, -0.05) is 19.9 Å². The van der Waals surface area contributed by atoms with Gasteiger partial charge in [-0.3, -0.25) is 0 Å². The predicted octanol–water partition coefficient (Wildman–Crippen LogP) is 2.35. The summed E-state index contributed by atoms with van der Waals surface area (Å²) >= 11 is 0. The summed E-state index contributed by atoms with van der Waals surface area (Å²) in [6.45, 7) is 6.58. The van der Waals surface area contributed by atoms with E-state index in [1.165, 1.54) is 0 Å². The molecule has 1 aromatic rings. The Bertz CT molecular complexity index is 441. The minimum atomic E-state index is 0.0719. The Morgan fingerprint density at radius 1 is 1.43 bits per heavy atom. The monoisotopic (exact) mass is 290 g/mol. The van der Waals surface area contributed by atoms with E-state index >= 15 is 0 Å². The smallest absolute Gasteiger partial charge is 0.317 e. The highest BCUT2D eigenvalue weighted by Gasteiger charge is 2.25. The third-order valence-electron chi connectivity index (χ3n) is 3.97. The maximum Gasteiger partial charge on any atom is 0.317 e. The fourth-order valence-corrected chi connectivity index (χ4v) is 2.61. The topological polar surface area (TPSA) is 48.5 Å². The van der Waals surface area contributed by atoms with Crippen LogP contribution in [0.2, 0.25) is 0 Å². The lowest BCUT2D eigenvalue weighted by Gasteiger charge is -2.37. The van der Waals surface area contributed by atoms with Gasteiger partial charge < -0.3 is 15.1 Å². The number of amides is 2. The minimum Gasteiger partial charge on any atom is -0.357 e. The Hall–Kier alpha value is -1.78. The van der Waals surface area contributed by atoms with Crippen molar-refractivity contribution >= 4 is 11.8 Å². The van der Waals surface area contributed by atoms with Crippen molar-refractivity contribution in [2.75, 3.05) is 31.6 Å². The molecule has 0 radical (unpaired) electrons. The molecule has 2 amide bonds. The number of carbonyl (C=O) groups is 1. The molecule has 1 aliphatic heterocycles. The zero-order chi connectivity index (χ0) is 15.2. The van der Waals surface area contributed by atoms with Crippen LogP contribution >= 0.6 is 0 Å². The van der Waals surface area contributed by atoms with E-state index in [-0.39, 0.29) is 6.03 Å². The van der Waals surface area contributed by atoms with Crippen molar-refractivity contribution in [3.63, 3.8) is 0 Å². The number of likely N-dealkylation sites (tertiary alicyclic amines) is 1. The first-order chi connectivity index (χ1) is 10.1. The van der Waals surface area contributed by atoms with Crippen LogP contribution in [-0.4, -0.2) is 48.6 Å². The highest BCUT2D eigenvalue weighted by atomic mass is 16.2. The van der Waals surface area contributed by atoms with E-state index in [0.29, 0.717) is 12.0 Å². The number of piperidine rings is 1. The molecule has 5 heteroatoms. The summed E-state index contributed by atoms with van der Waals surface area (Å²) < 4.78 is 0. The average Bonchev–Trinajstić information content (AvgIpc) is 2.53. The molecule has 0 unspecified atom stereocenters. The lowest BCUT2D eigenvalue weighted by Crippen LogP contribution is -2.49. The zero-order valence-corrected chi connectivity index (χ0v) is 13.2. The first-order valence-electron chi connectivity index (χ1n) is 7.74. The Kier molecular flexibility index (Phi) is 5.42. The van der Waals surface area contributed by atoms with Crippen LogP contribution in [-0.2, 0) is 0 Å². The minimum absolute atomic E-state index is 0.0719. The van der Waals surface area contributed by atoms with E-state index in [2.05, 4.69) is 36.1 Å². The Balaban J connectivity index is 1.81. The molecule has 21 heavy (non-hydrogen) atoms. The van der Waals surface area contributed by atoms with Crippen molar-refractivity contribution in [2.24, 2.45) is 5.92 Å². The van der Waals surface area contributed by atoms with Gasteiger partial charge in [0.1, 0.15) is 5.82 Å². The Labute approximate surface area is 127 Å². The highest BCUT2D eigenvalue weighted by Crippen LogP contribution is 2.20. The normalized spacial score (nSPS) is 16.1. The van der Waals surface area contributed by atoms with Gasteiger partial charge in [0.25, 0.3) is 0 Å². The van der Waals surface area contributed by atoms with Gasteiger partial charge in [0.05, 0.1) is 0 Å². The van der Waals surface area contributed by atoms with Crippen LogP contribution in [0, 0.1) is 5.92 Å². The molecule has 1 aliphatic rings. The average molecular weight is 290 g/mol. The number of pyridine rings is 1. The second-order valence-corrected chi connectivity index (χ2v) is 6.10. The van der Waals surface area contributed by atoms with Crippen molar-refractivity contribution < 1.29 is 4.79 Å². The molecule has 1 fully saturated rings. The third kappa shape index (κ3) is 4.34. The van der Waals surface area contributed by atoms with E-state index in [0.717, 1.165) is 38.3 Å². The number of aromatic nitrogens is 1. The molecule has 0 aromatic carbocycles. The fraction of sp³-hybridized carbons (Fsp3) is 0.625. The van der Waals surface area contributed by atoms with Gasteiger partial charge in [0, 0.05) is 38.9 Å². The summed E-state index contributed by atoms with van der Waals surface area (Å²) in [5.74, 6) is 1.49. The van der Waals surface area contributed by atoms with Crippen LogP contribution in [0.1, 0.15) is 26.7 Å². The third-order valence-corrected chi connectivity index (χ3v) is 3.97. The van der Waals surface area contributed by atoms with E-state index in [1.54, 1.807) is 0 Å². The summed E-state index contributed by atoms with van der Waals surface area (Å²) in [4.78, 5) is 20.6. The SMILES string of the molecule is CC(C)CNC(=O)N1CCC(N(C)c2ccccn2)CC1. The van der Waals surface area contributed by atoms with Crippen LogP contribution in [0.15, 0.2) is 24.4 Å². The molecule has 0 atom stereocenters. The maximum absolute atomic E-state index is 12.0. The molecule has 1 aromatic heterocycles. The molecule has 0 saturated carbocycles. The molecule has 0 spiro atoms. The van der Waals surface area contributed by atoms with Gasteiger partial charge in [-0.2, -0.15) is 0 Å². The lowest BCUT2D eigenvalue weighted by molar-refractivity contribution is 0.180. The van der Waals surface area contributed by atoms with Crippen LogP contribution in [0.3, 0.4) is 0 Å². The standard InChI is InChI=1S/C16H26N4O/c1-13(2)12-18-16(21)20-10-7-14(8-11-20)19(3)15-6-4-5-9-17-15/h4-6,9,13-14H,7-8,10-12H2,1-3H3,(H,18,21). The molecule has 2 heterocycles. The lowest BCUT2D eigenvalue weighted by atomic mass is 10.0. The molecule has 0 aliphatic carbocycles. The first-order valence-corrected chi connectivity index (χ1v) is 7.74. The molecule has 0 bridgehead atoms. The molecule has 116 valence electrons. The summed E-state index contributed by atoms with van der Waals surface area (Å²) in [5.41, 5.74) is 0. The number of nitrogens with one attached hydrogen (secondary N) is 1. The first kappa shape index (κ1) is 15.6. The van der Waals surface area contributed by atoms with Crippen molar-refractivity contribution in [1.29, 1.82) is 0 Å². The van der Waals surface area contributed by atoms with Crippen molar-refractivity contribution in [1.82, 2.24) is 15.2 Å². The highest BCUT2D eigenvalue weighted by molar-refractivity contribution is 5.74. The quantitative estimate of drug-likeness (QED) is 0.926. The summed E-state index contributed by atoms with van der Waals surface area (Å²) in [7, 11) is 2.08. The number of carbonyl (C=O) groups excluding carboxylic acids is 1. The summed E-state index contributed by atoms with van der Waals surface area (Å²) in [6, 6.07) is 6.49. The van der Waals surface area contributed by atoms with Crippen LogP contribution in [0.4, 0.5) is 10.6 Å². The number of rotatable bonds is 4. The van der Waals surface area contributed by atoms with Crippen LogP contribution in [0.25, 0.3) is 0 Å². The molecule has 1 N–H and O–H groups in total. The zero-order valence-electron chi connectivity index (χ0n) is 13.2. The van der Waals surface area contributed by atoms with Crippen molar-refractivity contribution in [2.45, 2.75) is 32.7 Å². The van der Waals surface area contributed by atoms with Crippen LogP contribution < -0.4 is 10.2 Å². The molecule has 5 nitrogen and oxygen atoms in total. The number of urea groups is 1. The maximum atomic E-state index is 12.0. The van der Waals surface area contributed by atoms with Gasteiger partial charge in [-0.05, 0) is 30.9 Å². The van der Waals surface area contributed by atoms with Crippen molar-refractivity contribution in [3.05, 3.63) is 24.4 Å². The van der Waals surface area contributed by atoms with Gasteiger partial charge >= 0.3 is 6.03 Å². The summed E-state index contributed by atoms with van der Waals surface area (Å²) in [5, 5.41) is 2.99. The van der Waals surface area contributed by atoms with E-state index in [9.17, 15) is 4.79 Å².